The highest BCUT2D eigenvalue weighted by Gasteiger charge is 2.19. The first-order chi connectivity index (χ1) is 11.6. The largest absolute Gasteiger partial charge is 0.282 e. The lowest BCUT2D eigenvalue weighted by Crippen LogP contribution is -2.18. The Morgan fingerprint density at radius 1 is 1.25 bits per heavy atom. The van der Waals surface area contributed by atoms with Crippen LogP contribution in [-0.4, -0.2) is 15.9 Å². The minimum atomic E-state index is -0.124. The zero-order valence-corrected chi connectivity index (χ0v) is 15.0. The van der Waals surface area contributed by atoms with Gasteiger partial charge in [0.2, 0.25) is 0 Å². The fourth-order valence-corrected chi connectivity index (χ4v) is 4.63. The number of halogens is 2. The lowest BCUT2D eigenvalue weighted by Gasteiger charge is -2.09. The van der Waals surface area contributed by atoms with Gasteiger partial charge in [-0.15, -0.1) is 11.3 Å². The number of hydrogen-bond acceptors (Lipinski definition) is 4. The molecule has 1 aliphatic rings. The van der Waals surface area contributed by atoms with E-state index in [1.54, 1.807) is 35.8 Å². The maximum atomic E-state index is 12.8. The summed E-state index contributed by atoms with van der Waals surface area (Å²) in [6, 6.07) is 5.13. The third kappa shape index (κ3) is 2.77. The first kappa shape index (κ1) is 15.8. The number of aryl methyl sites for hydroxylation is 2. The molecule has 0 saturated carbocycles. The number of hydrogen-bond donors (Lipinski definition) is 0. The van der Waals surface area contributed by atoms with Crippen LogP contribution in [0.5, 0.6) is 0 Å². The van der Waals surface area contributed by atoms with E-state index < -0.39 is 0 Å². The Kier molecular flexibility index (Phi) is 4.16. The van der Waals surface area contributed by atoms with Gasteiger partial charge >= 0.3 is 0 Å². The second-order valence-electron chi connectivity index (χ2n) is 5.70. The van der Waals surface area contributed by atoms with Crippen LogP contribution in [0.1, 0.15) is 28.8 Å². The van der Waals surface area contributed by atoms with Crippen LogP contribution < -0.4 is 5.56 Å². The minimum absolute atomic E-state index is 0.124. The SMILES string of the molecule is O=c1c2c3c(sc2ncn1/N=C/c1ccc(Cl)cc1Cl)CCCC3. The summed E-state index contributed by atoms with van der Waals surface area (Å²) in [7, 11) is 0. The summed E-state index contributed by atoms with van der Waals surface area (Å²) in [6.45, 7) is 0. The molecule has 24 heavy (non-hydrogen) atoms. The molecule has 0 radical (unpaired) electrons. The van der Waals surface area contributed by atoms with Gasteiger partial charge in [0.05, 0.1) is 16.6 Å². The summed E-state index contributed by atoms with van der Waals surface area (Å²) in [4.78, 5) is 19.3. The molecule has 2 heterocycles. The van der Waals surface area contributed by atoms with Crippen LogP contribution in [0.4, 0.5) is 0 Å². The van der Waals surface area contributed by atoms with Crippen molar-refractivity contribution in [1.82, 2.24) is 9.66 Å². The van der Waals surface area contributed by atoms with Crippen molar-refractivity contribution in [1.29, 1.82) is 0 Å². The van der Waals surface area contributed by atoms with Crippen LogP contribution in [-0.2, 0) is 12.8 Å². The molecule has 7 heteroatoms. The van der Waals surface area contributed by atoms with E-state index >= 15 is 0 Å². The number of aromatic nitrogens is 2. The lowest BCUT2D eigenvalue weighted by atomic mass is 9.97. The highest BCUT2D eigenvalue weighted by atomic mass is 35.5. The van der Waals surface area contributed by atoms with Gasteiger partial charge in [0.1, 0.15) is 11.2 Å². The molecule has 0 amide bonds. The van der Waals surface area contributed by atoms with Gasteiger partial charge in [-0.2, -0.15) is 9.78 Å². The zero-order chi connectivity index (χ0) is 16.7. The summed E-state index contributed by atoms with van der Waals surface area (Å²) in [5, 5.41) is 6.00. The number of benzene rings is 1. The second kappa shape index (κ2) is 6.31. The zero-order valence-electron chi connectivity index (χ0n) is 12.6. The molecule has 2 aromatic heterocycles. The number of thiophene rings is 1. The highest BCUT2D eigenvalue weighted by molar-refractivity contribution is 7.18. The maximum absolute atomic E-state index is 12.8. The van der Waals surface area contributed by atoms with Crippen LogP contribution in [0.2, 0.25) is 10.0 Å². The van der Waals surface area contributed by atoms with Crippen LogP contribution in [0.25, 0.3) is 10.2 Å². The fourth-order valence-electron chi connectivity index (χ4n) is 2.95. The first-order valence-corrected chi connectivity index (χ1v) is 9.22. The quantitative estimate of drug-likeness (QED) is 0.616. The summed E-state index contributed by atoms with van der Waals surface area (Å²) in [5.74, 6) is 0. The van der Waals surface area contributed by atoms with Crippen LogP contribution in [0, 0.1) is 0 Å². The van der Waals surface area contributed by atoms with E-state index in [1.165, 1.54) is 22.3 Å². The normalized spacial score (nSPS) is 14.4. The molecule has 122 valence electrons. The summed E-state index contributed by atoms with van der Waals surface area (Å²) < 4.78 is 1.27. The average Bonchev–Trinajstić information content (AvgIpc) is 2.95. The number of rotatable bonds is 2. The second-order valence-corrected chi connectivity index (χ2v) is 7.62. The molecule has 1 aromatic carbocycles. The number of nitrogens with zero attached hydrogens (tertiary/aromatic N) is 3. The van der Waals surface area contributed by atoms with Gasteiger partial charge in [-0.3, -0.25) is 4.79 Å². The van der Waals surface area contributed by atoms with E-state index in [-0.39, 0.29) is 5.56 Å². The van der Waals surface area contributed by atoms with Gasteiger partial charge < -0.3 is 0 Å². The predicted octanol–water partition coefficient (Wildman–Crippen LogP) is 4.53. The average molecular weight is 378 g/mol. The third-order valence-corrected chi connectivity index (χ3v) is 5.90. The van der Waals surface area contributed by atoms with E-state index in [4.69, 9.17) is 23.2 Å². The molecule has 0 atom stereocenters. The molecule has 0 unspecified atom stereocenters. The van der Waals surface area contributed by atoms with Gasteiger partial charge in [-0.25, -0.2) is 4.98 Å². The van der Waals surface area contributed by atoms with Crippen molar-refractivity contribution in [3.8, 4) is 0 Å². The molecule has 4 nitrogen and oxygen atoms in total. The molecule has 0 spiro atoms. The minimum Gasteiger partial charge on any atom is -0.267 e. The summed E-state index contributed by atoms with van der Waals surface area (Å²) >= 11 is 13.6. The smallest absolute Gasteiger partial charge is 0.267 e. The van der Waals surface area contributed by atoms with Crippen molar-refractivity contribution < 1.29 is 0 Å². The molecule has 0 aliphatic heterocycles. The highest BCUT2D eigenvalue weighted by Crippen LogP contribution is 2.33. The Hall–Kier alpha value is -1.69. The molecule has 3 aromatic rings. The lowest BCUT2D eigenvalue weighted by molar-refractivity contribution is 0.699. The van der Waals surface area contributed by atoms with E-state index in [0.29, 0.717) is 15.6 Å². The number of fused-ring (bicyclic) bond motifs is 3. The van der Waals surface area contributed by atoms with Crippen molar-refractivity contribution in [3.63, 3.8) is 0 Å². The first-order valence-electron chi connectivity index (χ1n) is 7.65. The Morgan fingerprint density at radius 3 is 2.92 bits per heavy atom. The van der Waals surface area contributed by atoms with Crippen LogP contribution in [0.15, 0.2) is 34.4 Å². The topological polar surface area (TPSA) is 47.2 Å². The molecule has 0 fully saturated rings. The van der Waals surface area contributed by atoms with Crippen molar-refractivity contribution in [2.75, 3.05) is 0 Å². The Labute approximate surface area is 152 Å². The van der Waals surface area contributed by atoms with E-state index in [1.807, 2.05) is 0 Å². The standard InChI is InChI=1S/C17H13Cl2N3OS/c18-11-6-5-10(13(19)7-11)8-21-22-9-20-16-15(17(22)23)12-3-1-2-4-14(12)24-16/h5-9H,1-4H2/b21-8+. The van der Waals surface area contributed by atoms with Crippen molar-refractivity contribution in [2.45, 2.75) is 25.7 Å². The van der Waals surface area contributed by atoms with Gasteiger partial charge in [-0.1, -0.05) is 29.3 Å². The van der Waals surface area contributed by atoms with E-state index in [9.17, 15) is 4.79 Å². The molecule has 4 rings (SSSR count). The van der Waals surface area contributed by atoms with Gasteiger partial charge in [0.25, 0.3) is 5.56 Å². The molecule has 0 N–H and O–H groups in total. The summed E-state index contributed by atoms with van der Waals surface area (Å²) in [5.41, 5.74) is 1.73. The molecule has 0 bridgehead atoms. The molecular formula is C17H13Cl2N3OS. The van der Waals surface area contributed by atoms with E-state index in [0.717, 1.165) is 35.0 Å². The predicted molar refractivity (Wildman–Crippen MR) is 100.0 cm³/mol. The van der Waals surface area contributed by atoms with Crippen molar-refractivity contribution in [3.05, 3.63) is 60.9 Å². The van der Waals surface area contributed by atoms with Crippen molar-refractivity contribution in [2.24, 2.45) is 5.10 Å². The monoisotopic (exact) mass is 377 g/mol. The van der Waals surface area contributed by atoms with Gasteiger partial charge in [0.15, 0.2) is 0 Å². The van der Waals surface area contributed by atoms with Crippen LogP contribution in [0.3, 0.4) is 0 Å². The Balaban J connectivity index is 1.78. The van der Waals surface area contributed by atoms with Crippen LogP contribution >= 0.6 is 34.5 Å². The third-order valence-electron chi connectivity index (χ3n) is 4.14. The maximum Gasteiger partial charge on any atom is 0.282 e. The van der Waals surface area contributed by atoms with Gasteiger partial charge in [0, 0.05) is 15.5 Å². The Bertz CT molecular complexity index is 1020. The molecule has 0 saturated heterocycles. The molecular weight excluding hydrogens is 365 g/mol. The van der Waals surface area contributed by atoms with Crippen molar-refractivity contribution >= 4 is 51.0 Å². The Morgan fingerprint density at radius 2 is 2.08 bits per heavy atom. The fraction of sp³-hybridized carbons (Fsp3) is 0.235. The molecule has 1 aliphatic carbocycles. The van der Waals surface area contributed by atoms with E-state index in [2.05, 4.69) is 10.1 Å². The van der Waals surface area contributed by atoms with Gasteiger partial charge in [-0.05, 0) is 43.4 Å². The summed E-state index contributed by atoms with van der Waals surface area (Å²) in [6.07, 6.45) is 7.31.